The van der Waals surface area contributed by atoms with Crippen LogP contribution in [-0.4, -0.2) is 58.6 Å². The fraction of sp³-hybridized carbons (Fsp3) is 0.364. The first kappa shape index (κ1) is 22.1. The summed E-state index contributed by atoms with van der Waals surface area (Å²) in [6.45, 7) is 6.20. The minimum atomic E-state index is -0.625. The third-order valence-electron chi connectivity index (χ3n) is 5.78. The van der Waals surface area contributed by atoms with Crippen LogP contribution in [0, 0.1) is 10.5 Å². The highest BCUT2D eigenvalue weighted by Crippen LogP contribution is 2.20. The van der Waals surface area contributed by atoms with Crippen LogP contribution in [0.1, 0.15) is 23.0 Å². The summed E-state index contributed by atoms with van der Waals surface area (Å²) in [5.41, 5.74) is 2.11. The molecule has 0 bridgehead atoms. The van der Waals surface area contributed by atoms with E-state index >= 15 is 0 Å². The zero-order valence-corrected chi connectivity index (χ0v) is 18.8. The molecule has 1 aliphatic rings. The molecule has 0 unspecified atom stereocenters. The van der Waals surface area contributed by atoms with Gasteiger partial charge in [0.1, 0.15) is 4.64 Å². The van der Waals surface area contributed by atoms with Crippen LogP contribution in [0.4, 0.5) is 10.1 Å². The number of carbonyl (C=O) groups excluding carboxylic acids is 1. The minimum Gasteiger partial charge on any atom is -0.368 e. The van der Waals surface area contributed by atoms with E-state index in [9.17, 15) is 14.0 Å². The molecule has 0 saturated carbocycles. The van der Waals surface area contributed by atoms with Gasteiger partial charge >= 0.3 is 5.69 Å². The fourth-order valence-corrected chi connectivity index (χ4v) is 4.39. The Morgan fingerprint density at radius 1 is 1.25 bits per heavy atom. The molecule has 3 aromatic rings. The second-order valence-corrected chi connectivity index (χ2v) is 8.11. The number of carbonyl (C=O) groups is 1. The van der Waals surface area contributed by atoms with E-state index in [1.807, 2.05) is 25.1 Å². The highest BCUT2D eigenvalue weighted by atomic mass is 32.1. The zero-order valence-electron chi connectivity index (χ0n) is 18.0. The maximum absolute atomic E-state index is 14.2. The van der Waals surface area contributed by atoms with Crippen molar-refractivity contribution in [2.24, 2.45) is 0 Å². The van der Waals surface area contributed by atoms with Gasteiger partial charge in [-0.2, -0.15) is 0 Å². The summed E-state index contributed by atoms with van der Waals surface area (Å²) in [7, 11) is 1.45. The largest absolute Gasteiger partial charge is 0.368 e. The molecule has 4 rings (SSSR count). The number of hydrogen-bond acceptors (Lipinski definition) is 6. The monoisotopic (exact) mass is 456 g/mol. The van der Waals surface area contributed by atoms with Crippen LogP contribution in [0.2, 0.25) is 0 Å². The number of rotatable bonds is 5. The van der Waals surface area contributed by atoms with Crippen molar-refractivity contribution in [3.8, 4) is 0 Å². The first-order chi connectivity index (χ1) is 15.4. The van der Waals surface area contributed by atoms with E-state index in [-0.39, 0.29) is 11.4 Å². The Hall–Kier alpha value is -3.11. The van der Waals surface area contributed by atoms with E-state index in [2.05, 4.69) is 25.1 Å². The van der Waals surface area contributed by atoms with Crippen LogP contribution >= 0.6 is 12.2 Å². The maximum Gasteiger partial charge on any atom is 0.326 e. The van der Waals surface area contributed by atoms with Crippen molar-refractivity contribution in [3.05, 3.63) is 62.7 Å². The zero-order chi connectivity index (χ0) is 22.8. The Labute approximate surface area is 189 Å². The van der Waals surface area contributed by atoms with Crippen LogP contribution in [-0.2, 0) is 13.1 Å². The lowest BCUT2D eigenvalue weighted by molar-refractivity contribution is 0.0953. The number of nitrogens with zero attached hydrogens (tertiary/aromatic N) is 4. The lowest BCUT2D eigenvalue weighted by atomic mass is 10.1. The van der Waals surface area contributed by atoms with Gasteiger partial charge in [0, 0.05) is 57.8 Å². The maximum atomic E-state index is 14.2. The van der Waals surface area contributed by atoms with Gasteiger partial charge in [0.2, 0.25) is 0 Å². The molecule has 0 spiro atoms. The Morgan fingerprint density at radius 3 is 2.66 bits per heavy atom. The number of fused-ring (bicyclic) bond motifs is 1. The average molecular weight is 457 g/mol. The highest BCUT2D eigenvalue weighted by molar-refractivity contribution is 7.71. The molecule has 3 heterocycles. The van der Waals surface area contributed by atoms with Gasteiger partial charge in [-0.3, -0.25) is 14.3 Å². The molecular formula is C22H25FN6O2S. The van der Waals surface area contributed by atoms with Crippen molar-refractivity contribution in [2.75, 3.05) is 38.1 Å². The molecular weight excluding hydrogens is 431 g/mol. The van der Waals surface area contributed by atoms with Crippen LogP contribution in [0.15, 0.2) is 35.3 Å². The molecule has 1 aliphatic heterocycles. The van der Waals surface area contributed by atoms with Gasteiger partial charge in [-0.15, -0.1) is 0 Å². The number of benzene rings is 1. The minimum absolute atomic E-state index is 0.195. The molecule has 1 amide bonds. The normalized spacial score (nSPS) is 14.7. The molecule has 1 fully saturated rings. The molecule has 168 valence electrons. The van der Waals surface area contributed by atoms with E-state index in [0.29, 0.717) is 16.9 Å². The smallest absolute Gasteiger partial charge is 0.326 e. The number of pyridine rings is 1. The summed E-state index contributed by atoms with van der Waals surface area (Å²) in [4.78, 5) is 35.1. The highest BCUT2D eigenvalue weighted by Gasteiger charge is 2.20. The van der Waals surface area contributed by atoms with Crippen LogP contribution in [0.25, 0.3) is 10.9 Å². The van der Waals surface area contributed by atoms with Crippen LogP contribution in [0.5, 0.6) is 0 Å². The van der Waals surface area contributed by atoms with E-state index in [1.165, 1.54) is 19.3 Å². The van der Waals surface area contributed by atoms with Gasteiger partial charge in [0.05, 0.1) is 17.4 Å². The van der Waals surface area contributed by atoms with Crippen molar-refractivity contribution in [1.82, 2.24) is 24.8 Å². The molecule has 1 aromatic carbocycles. The van der Waals surface area contributed by atoms with E-state index < -0.39 is 11.7 Å². The molecule has 0 atom stereocenters. The molecule has 32 heavy (non-hydrogen) atoms. The van der Waals surface area contributed by atoms with Gasteiger partial charge in [-0.1, -0.05) is 18.3 Å². The predicted octanol–water partition coefficient (Wildman–Crippen LogP) is 2.29. The van der Waals surface area contributed by atoms with Crippen molar-refractivity contribution in [2.45, 2.75) is 20.0 Å². The van der Waals surface area contributed by atoms with Crippen molar-refractivity contribution >= 4 is 34.7 Å². The van der Waals surface area contributed by atoms with Crippen LogP contribution < -0.4 is 15.9 Å². The summed E-state index contributed by atoms with van der Waals surface area (Å²) >= 11 is 5.46. The quantitative estimate of drug-likeness (QED) is 0.573. The molecule has 0 aliphatic carbocycles. The molecule has 10 heteroatoms. The fourth-order valence-electron chi connectivity index (χ4n) is 4.00. The first-order valence-electron chi connectivity index (χ1n) is 10.5. The van der Waals surface area contributed by atoms with Gasteiger partial charge < -0.3 is 15.2 Å². The third kappa shape index (κ3) is 4.28. The van der Waals surface area contributed by atoms with Gasteiger partial charge in [-0.05, 0) is 24.6 Å². The summed E-state index contributed by atoms with van der Waals surface area (Å²) in [5.74, 6) is -1.16. The van der Waals surface area contributed by atoms with Gasteiger partial charge in [0.15, 0.2) is 11.5 Å². The number of anilines is 1. The molecule has 2 aromatic heterocycles. The van der Waals surface area contributed by atoms with Crippen molar-refractivity contribution in [3.63, 3.8) is 0 Å². The SMILES string of the molecule is CCn1c(=O)[nH]c2cc(CN3CCN(c4cnc(C(=O)NC)c(F)c4)CC3)ccc2c1=S. The van der Waals surface area contributed by atoms with Gasteiger partial charge in [-0.25, -0.2) is 14.2 Å². The van der Waals surface area contributed by atoms with Crippen LogP contribution in [0.3, 0.4) is 0 Å². The summed E-state index contributed by atoms with van der Waals surface area (Å²) in [6, 6.07) is 7.35. The number of aromatic amines is 1. The molecule has 2 N–H and O–H groups in total. The summed E-state index contributed by atoms with van der Waals surface area (Å²) in [5, 5.41) is 3.25. The number of piperazine rings is 1. The van der Waals surface area contributed by atoms with E-state index in [0.717, 1.165) is 49.2 Å². The first-order valence-corrected chi connectivity index (χ1v) is 10.9. The summed E-state index contributed by atoms with van der Waals surface area (Å²) in [6.07, 6.45) is 1.54. The second kappa shape index (κ2) is 9.17. The lowest BCUT2D eigenvalue weighted by Gasteiger charge is -2.36. The Morgan fingerprint density at radius 2 is 2.00 bits per heavy atom. The van der Waals surface area contributed by atoms with Crippen molar-refractivity contribution in [1.29, 1.82) is 0 Å². The number of hydrogen-bond donors (Lipinski definition) is 2. The molecule has 1 saturated heterocycles. The van der Waals surface area contributed by atoms with Crippen molar-refractivity contribution < 1.29 is 9.18 Å². The summed E-state index contributed by atoms with van der Waals surface area (Å²) < 4.78 is 16.3. The number of amides is 1. The van der Waals surface area contributed by atoms with E-state index in [4.69, 9.17) is 12.2 Å². The molecule has 0 radical (unpaired) electrons. The third-order valence-corrected chi connectivity index (χ3v) is 6.22. The Bertz CT molecular complexity index is 1280. The second-order valence-electron chi connectivity index (χ2n) is 7.73. The van der Waals surface area contributed by atoms with E-state index in [1.54, 1.807) is 4.57 Å². The average Bonchev–Trinajstić information content (AvgIpc) is 2.79. The Balaban J connectivity index is 1.43. The number of aromatic nitrogens is 3. The Kier molecular flexibility index (Phi) is 6.33. The standard InChI is InChI=1S/C22H25FN6O2S/c1-3-29-21(32)16-5-4-14(10-18(16)26-22(29)31)13-27-6-8-28(9-7-27)15-11-17(23)19(25-12-15)20(30)24-2/h4-5,10-12H,3,6-9,13H2,1-2H3,(H,24,30)(H,26,31). The lowest BCUT2D eigenvalue weighted by Crippen LogP contribution is -2.46. The number of H-pyrrole nitrogens is 1. The number of halogens is 1. The topological polar surface area (TPSA) is 86.3 Å². The predicted molar refractivity (Wildman–Crippen MR) is 124 cm³/mol. The molecule has 8 nitrogen and oxygen atoms in total. The number of nitrogens with one attached hydrogen (secondary N) is 2. The van der Waals surface area contributed by atoms with Gasteiger partial charge in [0.25, 0.3) is 5.91 Å².